The number of anilines is 1. The van der Waals surface area contributed by atoms with Gasteiger partial charge in [0.2, 0.25) is 0 Å². The Bertz CT molecular complexity index is 203. The predicted molar refractivity (Wildman–Crippen MR) is 47.3 cm³/mol. The number of aryl methyl sites for hydroxylation is 1. The molecule has 0 fully saturated rings. The van der Waals surface area contributed by atoms with E-state index in [4.69, 9.17) is 10.5 Å². The van der Waals surface area contributed by atoms with Crippen LogP contribution in [-0.4, -0.2) is 6.29 Å². The maximum Gasteiger partial charge on any atom is 0.116 e. The minimum absolute atomic E-state index is 0.750. The van der Waals surface area contributed by atoms with Crippen molar-refractivity contribution in [1.29, 1.82) is 0 Å². The molecule has 0 bridgehead atoms. The molecule has 2 N–H and O–H groups in total. The fourth-order valence-corrected chi connectivity index (χ4v) is 0.670. The smallest absolute Gasteiger partial charge is 0.116 e. The van der Waals surface area contributed by atoms with Gasteiger partial charge in [0.15, 0.2) is 0 Å². The van der Waals surface area contributed by atoms with Gasteiger partial charge in [-0.05, 0) is 31.5 Å². The second-order valence-electron chi connectivity index (χ2n) is 2.15. The van der Waals surface area contributed by atoms with E-state index in [0.29, 0.717) is 0 Å². The SMILES string of the molecule is CC=O.Cc1cccc(N)c1. The molecule has 0 radical (unpaired) electrons. The van der Waals surface area contributed by atoms with Gasteiger partial charge in [0.05, 0.1) is 0 Å². The van der Waals surface area contributed by atoms with E-state index in [1.807, 2.05) is 31.2 Å². The molecular weight excluding hydrogens is 138 g/mol. The first kappa shape index (κ1) is 9.69. The highest BCUT2D eigenvalue weighted by atomic mass is 16.1. The van der Waals surface area contributed by atoms with Crippen LogP contribution in [0.5, 0.6) is 0 Å². The molecule has 11 heavy (non-hydrogen) atoms. The monoisotopic (exact) mass is 151 g/mol. The van der Waals surface area contributed by atoms with Crippen molar-refractivity contribution in [2.45, 2.75) is 13.8 Å². The van der Waals surface area contributed by atoms with Gasteiger partial charge in [0.1, 0.15) is 6.29 Å². The van der Waals surface area contributed by atoms with Crippen molar-refractivity contribution in [1.82, 2.24) is 0 Å². The Balaban J connectivity index is 0.000000292. The fourth-order valence-electron chi connectivity index (χ4n) is 0.670. The average molecular weight is 151 g/mol. The molecular formula is C9H13NO. The van der Waals surface area contributed by atoms with Crippen LogP contribution in [-0.2, 0) is 4.79 Å². The molecule has 1 aromatic rings. The molecule has 0 aromatic heterocycles. The molecule has 0 saturated carbocycles. The predicted octanol–water partition coefficient (Wildman–Crippen LogP) is 1.78. The summed E-state index contributed by atoms with van der Waals surface area (Å²) in [5, 5.41) is 0. The number of nitrogen functional groups attached to an aromatic ring is 1. The molecule has 0 spiro atoms. The summed E-state index contributed by atoms with van der Waals surface area (Å²) in [6, 6.07) is 7.80. The summed E-state index contributed by atoms with van der Waals surface area (Å²) in [6.45, 7) is 3.47. The lowest BCUT2D eigenvalue weighted by molar-refractivity contribution is -0.106. The minimum Gasteiger partial charge on any atom is -0.399 e. The van der Waals surface area contributed by atoms with Crippen LogP contribution in [0.3, 0.4) is 0 Å². The van der Waals surface area contributed by atoms with E-state index in [1.165, 1.54) is 12.5 Å². The van der Waals surface area contributed by atoms with Gasteiger partial charge in [-0.25, -0.2) is 0 Å². The zero-order chi connectivity index (χ0) is 8.69. The first-order valence-electron chi connectivity index (χ1n) is 3.42. The summed E-state index contributed by atoms with van der Waals surface area (Å²) in [4.78, 5) is 8.81. The lowest BCUT2D eigenvalue weighted by Gasteiger charge is -1.91. The highest BCUT2D eigenvalue weighted by molar-refractivity contribution is 5.44. The molecule has 0 heterocycles. The first-order chi connectivity index (χ1) is 5.20. The molecule has 2 nitrogen and oxygen atoms in total. The minimum atomic E-state index is 0.750. The molecule has 0 amide bonds. The molecule has 2 heteroatoms. The summed E-state index contributed by atoms with van der Waals surface area (Å²) < 4.78 is 0. The zero-order valence-electron chi connectivity index (χ0n) is 6.87. The topological polar surface area (TPSA) is 43.1 Å². The van der Waals surface area contributed by atoms with E-state index in [1.54, 1.807) is 0 Å². The fraction of sp³-hybridized carbons (Fsp3) is 0.222. The normalized spacial score (nSPS) is 7.82. The Hall–Kier alpha value is -1.31. The van der Waals surface area contributed by atoms with Gasteiger partial charge in [0, 0.05) is 5.69 Å². The van der Waals surface area contributed by atoms with Crippen LogP contribution < -0.4 is 5.73 Å². The lowest BCUT2D eigenvalue weighted by atomic mass is 10.2. The zero-order valence-corrected chi connectivity index (χ0v) is 6.87. The Labute approximate surface area is 67.0 Å². The summed E-state index contributed by atoms with van der Waals surface area (Å²) in [7, 11) is 0. The third-order valence-corrected chi connectivity index (χ3v) is 1.04. The van der Waals surface area contributed by atoms with E-state index < -0.39 is 0 Å². The number of hydrogen-bond donors (Lipinski definition) is 1. The van der Waals surface area contributed by atoms with Crippen LogP contribution in [0.25, 0.3) is 0 Å². The van der Waals surface area contributed by atoms with Crippen LogP contribution >= 0.6 is 0 Å². The van der Waals surface area contributed by atoms with E-state index in [2.05, 4.69) is 0 Å². The molecule has 0 saturated heterocycles. The number of rotatable bonds is 0. The lowest BCUT2D eigenvalue weighted by Crippen LogP contribution is -1.82. The largest absolute Gasteiger partial charge is 0.399 e. The Kier molecular flexibility index (Phi) is 4.82. The van der Waals surface area contributed by atoms with Crippen molar-refractivity contribution in [3.05, 3.63) is 29.8 Å². The molecule has 0 aliphatic rings. The van der Waals surface area contributed by atoms with Crippen molar-refractivity contribution in [3.63, 3.8) is 0 Å². The quantitative estimate of drug-likeness (QED) is 0.453. The number of carbonyl (C=O) groups excluding carboxylic acids is 1. The maximum atomic E-state index is 8.81. The summed E-state index contributed by atoms with van der Waals surface area (Å²) in [5.41, 5.74) is 7.51. The molecule has 0 aliphatic heterocycles. The van der Waals surface area contributed by atoms with Crippen LogP contribution in [0, 0.1) is 6.92 Å². The van der Waals surface area contributed by atoms with E-state index in [0.717, 1.165) is 12.0 Å². The molecule has 60 valence electrons. The van der Waals surface area contributed by atoms with E-state index in [9.17, 15) is 0 Å². The van der Waals surface area contributed by atoms with Gasteiger partial charge in [-0.2, -0.15) is 0 Å². The van der Waals surface area contributed by atoms with E-state index >= 15 is 0 Å². The van der Waals surface area contributed by atoms with Crippen molar-refractivity contribution < 1.29 is 4.79 Å². The summed E-state index contributed by atoms with van der Waals surface area (Å²) in [5.74, 6) is 0. The second-order valence-corrected chi connectivity index (χ2v) is 2.15. The van der Waals surface area contributed by atoms with Gasteiger partial charge in [-0.1, -0.05) is 12.1 Å². The van der Waals surface area contributed by atoms with Crippen molar-refractivity contribution in [3.8, 4) is 0 Å². The van der Waals surface area contributed by atoms with Crippen molar-refractivity contribution in [2.24, 2.45) is 0 Å². The Morgan fingerprint density at radius 1 is 1.45 bits per heavy atom. The van der Waals surface area contributed by atoms with Gasteiger partial charge >= 0.3 is 0 Å². The highest BCUT2D eigenvalue weighted by Crippen LogP contribution is 2.03. The number of hydrogen-bond acceptors (Lipinski definition) is 2. The molecule has 0 atom stereocenters. The number of nitrogens with two attached hydrogens (primary N) is 1. The highest BCUT2D eigenvalue weighted by Gasteiger charge is 1.81. The Morgan fingerprint density at radius 2 is 2.00 bits per heavy atom. The average Bonchev–Trinajstić information content (AvgIpc) is 1.88. The molecule has 1 rings (SSSR count). The van der Waals surface area contributed by atoms with Crippen molar-refractivity contribution >= 4 is 12.0 Å². The number of benzene rings is 1. The summed E-state index contributed by atoms with van der Waals surface area (Å²) >= 11 is 0. The van der Waals surface area contributed by atoms with Gasteiger partial charge < -0.3 is 10.5 Å². The first-order valence-corrected chi connectivity index (χ1v) is 3.42. The third-order valence-electron chi connectivity index (χ3n) is 1.04. The molecule has 1 aromatic carbocycles. The van der Waals surface area contributed by atoms with Crippen LogP contribution in [0.15, 0.2) is 24.3 Å². The second kappa shape index (κ2) is 5.47. The van der Waals surface area contributed by atoms with Crippen molar-refractivity contribution in [2.75, 3.05) is 5.73 Å². The standard InChI is InChI=1S/C7H9N.C2H4O/c1-6-3-2-4-7(8)5-6;1-2-3/h2-5H,8H2,1H3;2H,1H3. The van der Waals surface area contributed by atoms with Gasteiger partial charge in [-0.15, -0.1) is 0 Å². The number of carbonyl (C=O) groups is 1. The molecule has 0 unspecified atom stereocenters. The maximum absolute atomic E-state index is 8.81. The molecule has 0 aliphatic carbocycles. The summed E-state index contributed by atoms with van der Waals surface area (Å²) in [6.07, 6.45) is 0.750. The Morgan fingerprint density at radius 3 is 2.27 bits per heavy atom. The van der Waals surface area contributed by atoms with E-state index in [-0.39, 0.29) is 0 Å². The van der Waals surface area contributed by atoms with Crippen LogP contribution in [0.1, 0.15) is 12.5 Å². The van der Waals surface area contributed by atoms with Crippen LogP contribution in [0.2, 0.25) is 0 Å². The van der Waals surface area contributed by atoms with Crippen LogP contribution in [0.4, 0.5) is 5.69 Å². The van der Waals surface area contributed by atoms with Gasteiger partial charge in [-0.3, -0.25) is 0 Å². The number of aldehydes is 1. The third kappa shape index (κ3) is 5.15. The van der Waals surface area contributed by atoms with Gasteiger partial charge in [0.25, 0.3) is 0 Å².